The molecule has 1 saturated carbocycles. The molecule has 3 unspecified atom stereocenters. The first-order chi connectivity index (χ1) is 6.16. The summed E-state index contributed by atoms with van der Waals surface area (Å²) in [5, 5.41) is 4.13. The lowest BCUT2D eigenvalue weighted by Crippen LogP contribution is -2.25. The van der Waals surface area contributed by atoms with Gasteiger partial charge in [0.05, 0.1) is 6.20 Å². The molecule has 72 valence electrons. The van der Waals surface area contributed by atoms with Gasteiger partial charge in [0, 0.05) is 19.3 Å². The lowest BCUT2D eigenvalue weighted by Gasteiger charge is -2.08. The zero-order valence-corrected chi connectivity index (χ0v) is 8.27. The van der Waals surface area contributed by atoms with E-state index in [9.17, 15) is 0 Å². The Balaban J connectivity index is 1.91. The van der Waals surface area contributed by atoms with Crippen LogP contribution in [0.2, 0.25) is 0 Å². The van der Waals surface area contributed by atoms with Crippen molar-refractivity contribution >= 4 is 0 Å². The van der Waals surface area contributed by atoms with Crippen LogP contribution in [0.5, 0.6) is 0 Å². The molecule has 0 aromatic carbocycles. The van der Waals surface area contributed by atoms with Crippen LogP contribution >= 0.6 is 0 Å². The average Bonchev–Trinajstić information content (AvgIpc) is 2.66. The Morgan fingerprint density at radius 2 is 2.46 bits per heavy atom. The summed E-state index contributed by atoms with van der Waals surface area (Å²) in [5.74, 6) is 1.59. The summed E-state index contributed by atoms with van der Waals surface area (Å²) >= 11 is 0. The lowest BCUT2D eigenvalue weighted by molar-refractivity contribution is 0.560. The zero-order valence-electron chi connectivity index (χ0n) is 8.27. The second kappa shape index (κ2) is 3.14. The van der Waals surface area contributed by atoms with Gasteiger partial charge in [-0.15, -0.1) is 0 Å². The standard InChI is InChI=1S/C10H17N3/c1-7-3-9(7)10(11)4-8-5-12-13(2)6-8/h5-7,9-10H,3-4,11H2,1-2H3. The van der Waals surface area contributed by atoms with E-state index in [0.717, 1.165) is 18.3 Å². The van der Waals surface area contributed by atoms with Gasteiger partial charge in [-0.2, -0.15) is 5.10 Å². The summed E-state index contributed by atoms with van der Waals surface area (Å²) in [7, 11) is 1.94. The van der Waals surface area contributed by atoms with Crippen LogP contribution in [0.25, 0.3) is 0 Å². The van der Waals surface area contributed by atoms with Gasteiger partial charge in [-0.3, -0.25) is 4.68 Å². The molecule has 2 rings (SSSR count). The fraction of sp³-hybridized carbons (Fsp3) is 0.700. The summed E-state index contributed by atoms with van der Waals surface area (Å²) in [5.41, 5.74) is 7.33. The normalized spacial score (nSPS) is 28.8. The van der Waals surface area contributed by atoms with Crippen LogP contribution in [0, 0.1) is 11.8 Å². The molecule has 0 amide bonds. The second-order valence-electron chi connectivity index (χ2n) is 4.27. The van der Waals surface area contributed by atoms with Gasteiger partial charge in [0.1, 0.15) is 0 Å². The van der Waals surface area contributed by atoms with Gasteiger partial charge in [-0.05, 0) is 30.2 Å². The fourth-order valence-corrected chi connectivity index (χ4v) is 1.95. The van der Waals surface area contributed by atoms with Crippen LogP contribution < -0.4 is 5.73 Å². The van der Waals surface area contributed by atoms with Gasteiger partial charge in [0.2, 0.25) is 0 Å². The highest BCUT2D eigenvalue weighted by atomic mass is 15.2. The number of rotatable bonds is 3. The van der Waals surface area contributed by atoms with E-state index in [4.69, 9.17) is 5.73 Å². The Hall–Kier alpha value is -0.830. The molecule has 1 heterocycles. The van der Waals surface area contributed by atoms with Gasteiger partial charge in [0.15, 0.2) is 0 Å². The van der Waals surface area contributed by atoms with Crippen LogP contribution in [-0.2, 0) is 13.5 Å². The summed E-state index contributed by atoms with van der Waals surface area (Å²) in [4.78, 5) is 0. The maximum Gasteiger partial charge on any atom is 0.0522 e. The van der Waals surface area contributed by atoms with Crippen molar-refractivity contribution in [2.24, 2.45) is 24.6 Å². The molecule has 3 heteroatoms. The van der Waals surface area contributed by atoms with Crippen LogP contribution in [0.4, 0.5) is 0 Å². The Morgan fingerprint density at radius 1 is 1.77 bits per heavy atom. The number of aryl methyl sites for hydroxylation is 1. The molecule has 3 nitrogen and oxygen atoms in total. The number of hydrogen-bond acceptors (Lipinski definition) is 2. The molecule has 1 aliphatic rings. The largest absolute Gasteiger partial charge is 0.327 e. The molecule has 1 aromatic heterocycles. The number of nitrogens with zero attached hydrogens (tertiary/aromatic N) is 2. The van der Waals surface area contributed by atoms with Crippen LogP contribution in [-0.4, -0.2) is 15.8 Å². The molecule has 0 radical (unpaired) electrons. The molecule has 0 saturated heterocycles. The highest BCUT2D eigenvalue weighted by Crippen LogP contribution is 2.40. The van der Waals surface area contributed by atoms with E-state index < -0.39 is 0 Å². The summed E-state index contributed by atoms with van der Waals surface area (Å²) < 4.78 is 1.83. The molecule has 0 bridgehead atoms. The molecule has 13 heavy (non-hydrogen) atoms. The van der Waals surface area contributed by atoms with Crippen molar-refractivity contribution in [2.45, 2.75) is 25.8 Å². The van der Waals surface area contributed by atoms with Gasteiger partial charge in [-0.1, -0.05) is 6.92 Å². The fourth-order valence-electron chi connectivity index (χ4n) is 1.95. The van der Waals surface area contributed by atoms with Gasteiger partial charge < -0.3 is 5.73 Å². The molecule has 1 fully saturated rings. The van der Waals surface area contributed by atoms with E-state index in [-0.39, 0.29) is 0 Å². The second-order valence-corrected chi connectivity index (χ2v) is 4.27. The van der Waals surface area contributed by atoms with E-state index in [2.05, 4.69) is 12.0 Å². The minimum absolute atomic E-state index is 0.333. The van der Waals surface area contributed by atoms with Crippen molar-refractivity contribution < 1.29 is 0 Å². The minimum Gasteiger partial charge on any atom is -0.327 e. The lowest BCUT2D eigenvalue weighted by atomic mass is 10.1. The predicted octanol–water partition coefficient (Wildman–Crippen LogP) is 0.946. The van der Waals surface area contributed by atoms with Crippen LogP contribution in [0.1, 0.15) is 18.9 Å². The summed E-state index contributed by atoms with van der Waals surface area (Å²) in [6, 6.07) is 0.333. The first-order valence-corrected chi connectivity index (χ1v) is 4.90. The molecule has 1 aromatic rings. The van der Waals surface area contributed by atoms with Crippen molar-refractivity contribution in [3.05, 3.63) is 18.0 Å². The Labute approximate surface area is 78.9 Å². The quantitative estimate of drug-likeness (QED) is 0.750. The van der Waals surface area contributed by atoms with Crippen LogP contribution in [0.3, 0.4) is 0 Å². The van der Waals surface area contributed by atoms with E-state index in [1.807, 2.05) is 24.1 Å². The van der Waals surface area contributed by atoms with Gasteiger partial charge in [-0.25, -0.2) is 0 Å². The molecule has 0 spiro atoms. The molecular weight excluding hydrogens is 162 g/mol. The maximum absolute atomic E-state index is 6.07. The van der Waals surface area contributed by atoms with E-state index >= 15 is 0 Å². The third kappa shape index (κ3) is 1.91. The first kappa shape index (κ1) is 8.75. The molecule has 0 aliphatic heterocycles. The smallest absolute Gasteiger partial charge is 0.0522 e. The van der Waals surface area contributed by atoms with E-state index in [1.54, 1.807) is 0 Å². The highest BCUT2D eigenvalue weighted by Gasteiger charge is 2.37. The highest BCUT2D eigenvalue weighted by molar-refractivity contribution is 5.08. The van der Waals surface area contributed by atoms with Gasteiger partial charge >= 0.3 is 0 Å². The van der Waals surface area contributed by atoms with Crippen molar-refractivity contribution in [1.82, 2.24) is 9.78 Å². The number of nitrogens with two attached hydrogens (primary N) is 1. The average molecular weight is 179 g/mol. The number of hydrogen-bond donors (Lipinski definition) is 1. The van der Waals surface area contributed by atoms with E-state index in [1.165, 1.54) is 12.0 Å². The van der Waals surface area contributed by atoms with Crippen molar-refractivity contribution in [3.63, 3.8) is 0 Å². The van der Waals surface area contributed by atoms with Crippen molar-refractivity contribution in [3.8, 4) is 0 Å². The predicted molar refractivity (Wildman–Crippen MR) is 52.2 cm³/mol. The molecule has 1 aliphatic carbocycles. The SMILES string of the molecule is CC1CC1C(N)Cc1cnn(C)c1. The molecule has 3 atom stereocenters. The number of aromatic nitrogens is 2. The molecular formula is C10H17N3. The third-order valence-electron chi connectivity index (χ3n) is 2.95. The summed E-state index contributed by atoms with van der Waals surface area (Å²) in [6.07, 6.45) is 6.24. The first-order valence-electron chi connectivity index (χ1n) is 4.90. The van der Waals surface area contributed by atoms with Crippen molar-refractivity contribution in [1.29, 1.82) is 0 Å². The van der Waals surface area contributed by atoms with Crippen LogP contribution in [0.15, 0.2) is 12.4 Å². The monoisotopic (exact) mass is 179 g/mol. The third-order valence-corrected chi connectivity index (χ3v) is 2.95. The Kier molecular flexibility index (Phi) is 2.12. The summed E-state index contributed by atoms with van der Waals surface area (Å²) in [6.45, 7) is 2.27. The zero-order chi connectivity index (χ0) is 9.42. The molecule has 2 N–H and O–H groups in total. The van der Waals surface area contributed by atoms with E-state index in [0.29, 0.717) is 6.04 Å². The Bertz CT molecular complexity index is 292. The topological polar surface area (TPSA) is 43.8 Å². The van der Waals surface area contributed by atoms with Crippen molar-refractivity contribution in [2.75, 3.05) is 0 Å². The van der Waals surface area contributed by atoms with Gasteiger partial charge in [0.25, 0.3) is 0 Å². The maximum atomic E-state index is 6.07. The minimum atomic E-state index is 0.333. The Morgan fingerprint density at radius 3 is 2.92 bits per heavy atom.